The van der Waals surface area contributed by atoms with Gasteiger partial charge in [0.15, 0.2) is 0 Å². The molecular formula is C24H14F3N3O3. The Labute approximate surface area is 186 Å². The first kappa shape index (κ1) is 21.6. The van der Waals surface area contributed by atoms with Crippen molar-refractivity contribution >= 4 is 28.8 Å². The molecule has 0 bridgehead atoms. The summed E-state index contributed by atoms with van der Waals surface area (Å²) in [5.74, 6) is -1.78. The zero-order valence-electron chi connectivity index (χ0n) is 16.8. The van der Waals surface area contributed by atoms with Gasteiger partial charge >= 0.3 is 6.36 Å². The van der Waals surface area contributed by atoms with Crippen LogP contribution in [0.4, 0.5) is 24.5 Å². The monoisotopic (exact) mass is 449 g/mol. The van der Waals surface area contributed by atoms with Gasteiger partial charge in [0.25, 0.3) is 11.8 Å². The van der Waals surface area contributed by atoms with Gasteiger partial charge in [-0.15, -0.1) is 13.2 Å². The summed E-state index contributed by atoms with van der Waals surface area (Å²) >= 11 is 0. The van der Waals surface area contributed by atoms with Crippen molar-refractivity contribution in [3.8, 4) is 11.8 Å². The number of nitrogens with zero attached hydrogens (tertiary/aromatic N) is 2. The molecule has 0 aliphatic carbocycles. The minimum atomic E-state index is -4.88. The van der Waals surface area contributed by atoms with Crippen molar-refractivity contribution in [3.05, 3.63) is 95.7 Å². The van der Waals surface area contributed by atoms with Gasteiger partial charge in [-0.3, -0.25) is 9.59 Å². The predicted molar refractivity (Wildman–Crippen MR) is 114 cm³/mol. The summed E-state index contributed by atoms with van der Waals surface area (Å²) in [6.45, 7) is 0. The van der Waals surface area contributed by atoms with Gasteiger partial charge in [0.05, 0.1) is 22.9 Å². The number of ether oxygens (including phenoxy) is 1. The fourth-order valence-electron chi connectivity index (χ4n) is 3.35. The molecule has 1 aliphatic rings. The smallest absolute Gasteiger partial charge is 0.406 e. The molecule has 9 heteroatoms. The molecule has 1 aliphatic heterocycles. The summed E-state index contributed by atoms with van der Waals surface area (Å²) in [7, 11) is 0. The largest absolute Gasteiger partial charge is 0.573 e. The summed E-state index contributed by atoms with van der Waals surface area (Å²) < 4.78 is 41.7. The van der Waals surface area contributed by atoms with E-state index < -0.39 is 23.9 Å². The molecule has 6 nitrogen and oxygen atoms in total. The van der Waals surface area contributed by atoms with Gasteiger partial charge in [-0.25, -0.2) is 4.90 Å². The van der Waals surface area contributed by atoms with Gasteiger partial charge < -0.3 is 10.1 Å². The second kappa shape index (κ2) is 8.51. The minimum absolute atomic E-state index is 0.0621. The van der Waals surface area contributed by atoms with Crippen molar-refractivity contribution in [2.75, 3.05) is 10.2 Å². The number of hydrogen-bond acceptors (Lipinski definition) is 5. The fraction of sp³-hybridized carbons (Fsp3) is 0.0417. The van der Waals surface area contributed by atoms with Gasteiger partial charge in [0.2, 0.25) is 0 Å². The number of carbonyl (C=O) groups is 2. The van der Waals surface area contributed by atoms with Crippen molar-refractivity contribution < 1.29 is 27.5 Å². The van der Waals surface area contributed by atoms with Gasteiger partial charge in [-0.1, -0.05) is 36.4 Å². The van der Waals surface area contributed by atoms with Gasteiger partial charge in [-0.05, 0) is 42.0 Å². The maximum Gasteiger partial charge on any atom is 0.573 e. The highest BCUT2D eigenvalue weighted by molar-refractivity contribution is 6.46. The maximum absolute atomic E-state index is 13.3. The summed E-state index contributed by atoms with van der Waals surface area (Å²) in [6, 6.07) is 21.2. The van der Waals surface area contributed by atoms with E-state index in [0.717, 1.165) is 17.0 Å². The van der Waals surface area contributed by atoms with Crippen LogP contribution in [0.1, 0.15) is 11.1 Å². The molecule has 3 aromatic carbocycles. The molecule has 0 radical (unpaired) electrons. The molecular weight excluding hydrogens is 435 g/mol. The Kier molecular flexibility index (Phi) is 5.58. The average molecular weight is 449 g/mol. The number of nitrogens with one attached hydrogen (secondary N) is 1. The van der Waals surface area contributed by atoms with E-state index in [-0.39, 0.29) is 22.6 Å². The highest BCUT2D eigenvalue weighted by atomic mass is 19.4. The molecule has 0 atom stereocenters. The zero-order valence-corrected chi connectivity index (χ0v) is 16.8. The van der Waals surface area contributed by atoms with Crippen LogP contribution in [0.5, 0.6) is 5.75 Å². The molecule has 0 saturated carbocycles. The van der Waals surface area contributed by atoms with Crippen LogP contribution < -0.4 is 15.0 Å². The molecule has 0 aromatic heterocycles. The van der Waals surface area contributed by atoms with Gasteiger partial charge in [0.1, 0.15) is 11.4 Å². The van der Waals surface area contributed by atoms with Crippen molar-refractivity contribution in [1.29, 1.82) is 5.26 Å². The van der Waals surface area contributed by atoms with Crippen LogP contribution in [0.15, 0.2) is 84.6 Å². The third kappa shape index (κ3) is 4.55. The van der Waals surface area contributed by atoms with Crippen LogP contribution in [0.3, 0.4) is 0 Å². The van der Waals surface area contributed by atoms with Crippen molar-refractivity contribution in [2.45, 2.75) is 6.36 Å². The Balaban J connectivity index is 1.75. The Morgan fingerprint density at radius 2 is 1.58 bits per heavy atom. The number of halogens is 3. The Bertz CT molecular complexity index is 1290. The van der Waals surface area contributed by atoms with Gasteiger partial charge in [0, 0.05) is 11.8 Å². The first-order valence-electron chi connectivity index (χ1n) is 9.58. The summed E-state index contributed by atoms with van der Waals surface area (Å²) in [5, 5.41) is 11.8. The number of amides is 2. The Morgan fingerprint density at radius 3 is 2.21 bits per heavy atom. The highest BCUT2D eigenvalue weighted by Crippen LogP contribution is 2.34. The quantitative estimate of drug-likeness (QED) is 0.563. The van der Waals surface area contributed by atoms with E-state index in [4.69, 9.17) is 5.26 Å². The molecule has 0 fully saturated rings. The van der Waals surface area contributed by atoms with E-state index in [1.807, 2.05) is 6.07 Å². The number of nitriles is 1. The minimum Gasteiger partial charge on any atom is -0.406 e. The summed E-state index contributed by atoms with van der Waals surface area (Å²) in [5.41, 5.74) is 1.16. The second-order valence-corrected chi connectivity index (χ2v) is 6.92. The number of carbonyl (C=O) groups excluding carboxylic acids is 2. The fourth-order valence-corrected chi connectivity index (χ4v) is 3.35. The number of alkyl halides is 3. The van der Waals surface area contributed by atoms with Gasteiger partial charge in [-0.2, -0.15) is 5.26 Å². The van der Waals surface area contributed by atoms with Crippen LogP contribution in [0.2, 0.25) is 0 Å². The molecule has 0 saturated heterocycles. The summed E-state index contributed by atoms with van der Waals surface area (Å²) in [4.78, 5) is 27.5. The number of rotatable bonds is 5. The SMILES string of the molecule is N#Cc1ccc(N2C(=O)C(Nc3cccc(OC(F)(F)F)c3)=C(c3ccccc3)C2=O)cc1. The Morgan fingerprint density at radius 1 is 0.879 bits per heavy atom. The molecule has 1 heterocycles. The van der Waals surface area contributed by atoms with Crippen molar-refractivity contribution in [1.82, 2.24) is 0 Å². The average Bonchev–Trinajstić information content (AvgIpc) is 3.03. The lowest BCUT2D eigenvalue weighted by molar-refractivity contribution is -0.274. The first-order chi connectivity index (χ1) is 15.8. The Hall–Kier alpha value is -4.58. The second-order valence-electron chi connectivity index (χ2n) is 6.92. The van der Waals surface area contributed by atoms with Crippen molar-refractivity contribution in [3.63, 3.8) is 0 Å². The van der Waals surface area contributed by atoms with Crippen LogP contribution in [-0.2, 0) is 9.59 Å². The predicted octanol–water partition coefficient (Wildman–Crippen LogP) is 4.85. The lowest BCUT2D eigenvalue weighted by Crippen LogP contribution is -2.32. The molecule has 164 valence electrons. The number of anilines is 2. The molecule has 1 N–H and O–H groups in total. The van der Waals surface area contributed by atoms with Crippen LogP contribution >= 0.6 is 0 Å². The molecule has 0 spiro atoms. The zero-order chi connectivity index (χ0) is 23.6. The lowest BCUT2D eigenvalue weighted by Gasteiger charge is -2.15. The lowest BCUT2D eigenvalue weighted by atomic mass is 10.0. The normalized spacial score (nSPS) is 13.8. The van der Waals surface area contributed by atoms with Crippen molar-refractivity contribution in [2.24, 2.45) is 0 Å². The standard InChI is InChI=1S/C24H14F3N3O3/c25-24(26,27)33-19-8-4-7-17(13-19)29-21-20(16-5-2-1-3-6-16)22(31)30(23(21)32)18-11-9-15(14-28)10-12-18/h1-13,29H. The van der Waals surface area contributed by atoms with E-state index >= 15 is 0 Å². The number of benzene rings is 3. The first-order valence-corrected chi connectivity index (χ1v) is 9.58. The van der Waals surface area contributed by atoms with E-state index in [9.17, 15) is 22.8 Å². The van der Waals surface area contributed by atoms with Crippen LogP contribution in [-0.4, -0.2) is 18.2 Å². The third-order valence-corrected chi connectivity index (χ3v) is 4.74. The third-order valence-electron chi connectivity index (χ3n) is 4.74. The van der Waals surface area contributed by atoms with E-state index in [1.165, 1.54) is 36.4 Å². The van der Waals surface area contributed by atoms with E-state index in [0.29, 0.717) is 11.1 Å². The van der Waals surface area contributed by atoms with E-state index in [2.05, 4.69) is 10.1 Å². The molecule has 2 amide bonds. The van der Waals surface area contributed by atoms with E-state index in [1.54, 1.807) is 30.3 Å². The maximum atomic E-state index is 13.3. The van der Waals surface area contributed by atoms with Crippen LogP contribution in [0, 0.1) is 11.3 Å². The summed E-state index contributed by atoms with van der Waals surface area (Å²) in [6.07, 6.45) is -4.88. The van der Waals surface area contributed by atoms with Crippen LogP contribution in [0.25, 0.3) is 5.57 Å². The number of imide groups is 1. The highest BCUT2D eigenvalue weighted by Gasteiger charge is 2.40. The molecule has 4 rings (SSSR count). The molecule has 3 aromatic rings. The topological polar surface area (TPSA) is 82.4 Å². The number of hydrogen-bond donors (Lipinski definition) is 1. The molecule has 33 heavy (non-hydrogen) atoms. The molecule has 0 unspecified atom stereocenters.